The molecule has 0 radical (unpaired) electrons. The van der Waals surface area contributed by atoms with E-state index in [0.717, 1.165) is 6.67 Å². The first-order valence-corrected chi connectivity index (χ1v) is 6.27. The molecule has 0 unspecified atom stereocenters. The van der Waals surface area contributed by atoms with Crippen LogP contribution in [-0.4, -0.2) is 13.7 Å². The summed E-state index contributed by atoms with van der Waals surface area (Å²) in [5.41, 5.74) is 5.63. The monoisotopic (exact) mass is 218 g/mol. The Morgan fingerprint density at radius 1 is 1.31 bits per heavy atom. The fourth-order valence-electron chi connectivity index (χ4n) is 2.68. The summed E-state index contributed by atoms with van der Waals surface area (Å²) in [5.74, 6) is 0.691. The Hall–Kier alpha value is -1.18. The van der Waals surface area contributed by atoms with Crippen LogP contribution >= 0.6 is 0 Å². The van der Waals surface area contributed by atoms with E-state index < -0.39 is 0 Å². The highest BCUT2D eigenvalue weighted by molar-refractivity contribution is 5.81. The summed E-state index contributed by atoms with van der Waals surface area (Å²) < 4.78 is 0. The van der Waals surface area contributed by atoms with Crippen LogP contribution in [0.15, 0.2) is 12.1 Å². The van der Waals surface area contributed by atoms with Crippen molar-refractivity contribution in [3.63, 3.8) is 0 Å². The van der Waals surface area contributed by atoms with Gasteiger partial charge in [0.2, 0.25) is 0 Å². The van der Waals surface area contributed by atoms with Crippen molar-refractivity contribution in [2.45, 2.75) is 39.5 Å². The van der Waals surface area contributed by atoms with Crippen LogP contribution in [0.4, 0.5) is 11.4 Å². The molecule has 1 aliphatic rings. The lowest BCUT2D eigenvalue weighted by atomic mass is 9.91. The van der Waals surface area contributed by atoms with Crippen molar-refractivity contribution >= 4 is 11.4 Å². The van der Waals surface area contributed by atoms with E-state index >= 15 is 0 Å². The zero-order chi connectivity index (χ0) is 11.7. The summed E-state index contributed by atoms with van der Waals surface area (Å²) >= 11 is 0. The highest BCUT2D eigenvalue weighted by Gasteiger charge is 2.23. The van der Waals surface area contributed by atoms with Gasteiger partial charge in [-0.05, 0) is 36.8 Å². The van der Waals surface area contributed by atoms with E-state index in [2.05, 4.69) is 50.2 Å². The number of aryl methyl sites for hydroxylation is 1. The summed E-state index contributed by atoms with van der Waals surface area (Å²) in [7, 11) is 2.17. The normalized spacial score (nSPS) is 14.2. The quantitative estimate of drug-likeness (QED) is 0.832. The number of hydrogen-bond acceptors (Lipinski definition) is 2. The average molecular weight is 218 g/mol. The van der Waals surface area contributed by atoms with E-state index in [0.29, 0.717) is 5.92 Å². The molecule has 1 heterocycles. The van der Waals surface area contributed by atoms with E-state index in [4.69, 9.17) is 0 Å². The fraction of sp³-hybridized carbons (Fsp3) is 0.571. The molecule has 0 spiro atoms. The molecule has 0 saturated carbocycles. The molecule has 0 aromatic heterocycles. The maximum Gasteiger partial charge on any atom is 0.0874 e. The topological polar surface area (TPSA) is 15.3 Å². The third-order valence-electron chi connectivity index (χ3n) is 3.72. The van der Waals surface area contributed by atoms with Crippen molar-refractivity contribution in [1.29, 1.82) is 0 Å². The molecule has 1 N–H and O–H groups in total. The van der Waals surface area contributed by atoms with Crippen LogP contribution in [0, 0.1) is 6.92 Å². The Kier molecular flexibility index (Phi) is 3.08. The van der Waals surface area contributed by atoms with Gasteiger partial charge in [0.15, 0.2) is 0 Å². The summed E-state index contributed by atoms with van der Waals surface area (Å²) in [6, 6.07) is 4.56. The van der Waals surface area contributed by atoms with Crippen LogP contribution in [0.1, 0.15) is 43.7 Å². The number of nitrogens with zero attached hydrogens (tertiary/aromatic N) is 1. The minimum Gasteiger partial charge on any atom is -0.366 e. The van der Waals surface area contributed by atoms with E-state index in [-0.39, 0.29) is 0 Å². The lowest BCUT2D eigenvalue weighted by molar-refractivity contribution is 0.641. The van der Waals surface area contributed by atoms with Crippen LogP contribution in [-0.2, 0) is 0 Å². The lowest BCUT2D eigenvalue weighted by Crippen LogP contribution is -2.17. The number of anilines is 2. The van der Waals surface area contributed by atoms with E-state index in [9.17, 15) is 0 Å². The molecule has 16 heavy (non-hydrogen) atoms. The first-order valence-electron chi connectivity index (χ1n) is 6.27. The van der Waals surface area contributed by atoms with Crippen LogP contribution in [0.5, 0.6) is 0 Å². The molecular weight excluding hydrogens is 196 g/mol. The van der Waals surface area contributed by atoms with Crippen LogP contribution in [0.3, 0.4) is 0 Å². The molecule has 0 saturated heterocycles. The minimum absolute atomic E-state index is 0.691. The van der Waals surface area contributed by atoms with Gasteiger partial charge in [-0.25, -0.2) is 0 Å². The third kappa shape index (κ3) is 1.66. The minimum atomic E-state index is 0.691. The van der Waals surface area contributed by atoms with Crippen LogP contribution in [0.25, 0.3) is 0 Å². The van der Waals surface area contributed by atoms with Gasteiger partial charge in [-0.15, -0.1) is 0 Å². The van der Waals surface area contributed by atoms with Gasteiger partial charge in [-0.2, -0.15) is 0 Å². The largest absolute Gasteiger partial charge is 0.366 e. The van der Waals surface area contributed by atoms with Crippen molar-refractivity contribution in [3.05, 3.63) is 23.3 Å². The van der Waals surface area contributed by atoms with Gasteiger partial charge in [0.1, 0.15) is 0 Å². The Morgan fingerprint density at radius 2 is 2.00 bits per heavy atom. The fourth-order valence-corrected chi connectivity index (χ4v) is 2.68. The highest BCUT2D eigenvalue weighted by atomic mass is 15.3. The predicted octanol–water partition coefficient (Wildman–Crippen LogP) is 3.72. The van der Waals surface area contributed by atoms with Crippen LogP contribution in [0.2, 0.25) is 0 Å². The summed E-state index contributed by atoms with van der Waals surface area (Å²) in [6.07, 6.45) is 2.44. The van der Waals surface area contributed by atoms with E-state index in [1.54, 1.807) is 0 Å². The van der Waals surface area contributed by atoms with Crippen molar-refractivity contribution < 1.29 is 0 Å². The Labute approximate surface area is 98.7 Å². The number of hydrogen-bond donors (Lipinski definition) is 1. The van der Waals surface area contributed by atoms with Gasteiger partial charge in [0, 0.05) is 7.05 Å². The van der Waals surface area contributed by atoms with Gasteiger partial charge < -0.3 is 10.2 Å². The van der Waals surface area contributed by atoms with E-state index in [1.165, 1.54) is 35.3 Å². The molecule has 0 atom stereocenters. The highest BCUT2D eigenvalue weighted by Crippen LogP contribution is 2.41. The second-order valence-corrected chi connectivity index (χ2v) is 4.74. The Balaban J connectivity index is 2.51. The molecule has 2 heteroatoms. The van der Waals surface area contributed by atoms with Crippen molar-refractivity contribution in [2.75, 3.05) is 23.9 Å². The van der Waals surface area contributed by atoms with Crippen molar-refractivity contribution in [3.8, 4) is 0 Å². The SMILES string of the molecule is CCC(CC)c1ccc(C)c2c1N(C)CN2. The zero-order valence-electron chi connectivity index (χ0n) is 10.8. The molecule has 1 aliphatic heterocycles. The molecule has 2 nitrogen and oxygen atoms in total. The second-order valence-electron chi connectivity index (χ2n) is 4.74. The maximum absolute atomic E-state index is 3.49. The molecule has 88 valence electrons. The van der Waals surface area contributed by atoms with Gasteiger partial charge in [-0.3, -0.25) is 0 Å². The smallest absolute Gasteiger partial charge is 0.0874 e. The molecule has 2 rings (SSSR count). The van der Waals surface area contributed by atoms with Gasteiger partial charge in [0.25, 0.3) is 0 Å². The van der Waals surface area contributed by atoms with Crippen molar-refractivity contribution in [2.24, 2.45) is 0 Å². The maximum atomic E-state index is 3.49. The average Bonchev–Trinajstić information content (AvgIpc) is 2.67. The number of fused-ring (bicyclic) bond motifs is 1. The van der Waals surface area contributed by atoms with Crippen LogP contribution < -0.4 is 10.2 Å². The molecule has 0 bridgehead atoms. The first kappa shape index (κ1) is 11.3. The second kappa shape index (κ2) is 4.36. The summed E-state index contributed by atoms with van der Waals surface area (Å²) in [6.45, 7) is 7.68. The summed E-state index contributed by atoms with van der Waals surface area (Å²) in [5, 5.41) is 3.49. The van der Waals surface area contributed by atoms with Crippen molar-refractivity contribution in [1.82, 2.24) is 0 Å². The Morgan fingerprint density at radius 3 is 2.62 bits per heavy atom. The van der Waals surface area contributed by atoms with E-state index in [1.807, 2.05) is 0 Å². The number of rotatable bonds is 3. The zero-order valence-corrected chi connectivity index (χ0v) is 10.8. The number of benzene rings is 1. The molecule has 0 fully saturated rings. The Bertz CT molecular complexity index is 381. The van der Waals surface area contributed by atoms with Gasteiger partial charge >= 0.3 is 0 Å². The molecule has 0 aliphatic carbocycles. The standard InChI is InChI=1S/C14H22N2/c1-5-11(6-2)12-8-7-10(3)13-14(12)16(4)9-15-13/h7-8,11,15H,5-6,9H2,1-4H3. The number of nitrogens with one attached hydrogen (secondary N) is 1. The molecular formula is C14H22N2. The molecule has 1 aromatic carbocycles. The molecule has 0 amide bonds. The third-order valence-corrected chi connectivity index (χ3v) is 3.72. The van der Waals surface area contributed by atoms with Gasteiger partial charge in [-0.1, -0.05) is 26.0 Å². The predicted molar refractivity (Wildman–Crippen MR) is 71.4 cm³/mol. The summed E-state index contributed by atoms with van der Waals surface area (Å²) in [4.78, 5) is 2.33. The molecule has 1 aromatic rings. The van der Waals surface area contributed by atoms with Gasteiger partial charge in [0.05, 0.1) is 18.0 Å². The first-order chi connectivity index (χ1) is 7.69. The lowest BCUT2D eigenvalue weighted by Gasteiger charge is -2.21.